The summed E-state index contributed by atoms with van der Waals surface area (Å²) in [7, 11) is 0. The molecule has 0 aliphatic carbocycles. The lowest BCUT2D eigenvalue weighted by Crippen LogP contribution is -2.37. The summed E-state index contributed by atoms with van der Waals surface area (Å²) in [6.45, 7) is 4.42. The van der Waals surface area contributed by atoms with Gasteiger partial charge < -0.3 is 10.6 Å². The van der Waals surface area contributed by atoms with Gasteiger partial charge in [-0.2, -0.15) is 13.2 Å². The smallest absolute Gasteiger partial charge is 0.349 e. The van der Waals surface area contributed by atoms with Gasteiger partial charge in [0, 0.05) is 6.04 Å². The minimum atomic E-state index is -4.37. The van der Waals surface area contributed by atoms with Crippen LogP contribution in [0.1, 0.15) is 37.4 Å². The summed E-state index contributed by atoms with van der Waals surface area (Å²) in [5, 5.41) is 5.98. The third-order valence-corrected chi connectivity index (χ3v) is 3.93. The highest BCUT2D eigenvalue weighted by atomic mass is 19.4. The zero-order valence-electron chi connectivity index (χ0n) is 12.0. The Kier molecular flexibility index (Phi) is 4.56. The number of rotatable bonds is 3. The molecule has 1 heterocycles. The molecule has 3 atom stereocenters. The number of nitrogens with one attached hydrogen (secondary N) is 2. The van der Waals surface area contributed by atoms with Crippen LogP contribution in [0.5, 0.6) is 0 Å². The summed E-state index contributed by atoms with van der Waals surface area (Å²) >= 11 is 0. The van der Waals surface area contributed by atoms with E-state index in [1.165, 1.54) is 6.07 Å². The molecule has 1 aromatic rings. The number of benzene rings is 1. The molecule has 0 saturated carbocycles. The predicted octanol–water partition coefficient (Wildman–Crippen LogP) is 2.88. The molecule has 21 heavy (non-hydrogen) atoms. The van der Waals surface area contributed by atoms with Gasteiger partial charge in [0.15, 0.2) is 0 Å². The van der Waals surface area contributed by atoms with E-state index in [1.807, 2.05) is 6.92 Å². The van der Waals surface area contributed by atoms with Crippen molar-refractivity contribution in [3.8, 4) is 0 Å². The van der Waals surface area contributed by atoms with Crippen LogP contribution < -0.4 is 10.6 Å². The molecule has 1 aliphatic rings. The van der Waals surface area contributed by atoms with Crippen LogP contribution >= 0.6 is 0 Å². The van der Waals surface area contributed by atoms with Crippen molar-refractivity contribution in [2.75, 3.05) is 6.54 Å². The first-order valence-electron chi connectivity index (χ1n) is 7.00. The van der Waals surface area contributed by atoms with Crippen LogP contribution in [0, 0.1) is 5.92 Å². The SMILES string of the molecule is CC(NC(=O)C1CCNC1C)c1cccc(C(F)(F)F)c1. The molecule has 1 fully saturated rings. The molecular weight excluding hydrogens is 281 g/mol. The molecule has 116 valence electrons. The average molecular weight is 300 g/mol. The maximum Gasteiger partial charge on any atom is 0.416 e. The molecule has 1 saturated heterocycles. The third kappa shape index (κ3) is 3.75. The zero-order valence-corrected chi connectivity index (χ0v) is 12.0. The maximum atomic E-state index is 12.7. The van der Waals surface area contributed by atoms with E-state index in [2.05, 4.69) is 10.6 Å². The van der Waals surface area contributed by atoms with E-state index in [1.54, 1.807) is 13.0 Å². The van der Waals surface area contributed by atoms with Gasteiger partial charge in [-0.3, -0.25) is 4.79 Å². The minimum absolute atomic E-state index is 0.0960. The average Bonchev–Trinajstić information content (AvgIpc) is 2.84. The summed E-state index contributed by atoms with van der Waals surface area (Å²) in [6.07, 6.45) is -3.62. The number of amides is 1. The molecule has 1 amide bonds. The molecule has 0 aromatic heterocycles. The molecular formula is C15H19F3N2O. The van der Waals surface area contributed by atoms with Crippen molar-refractivity contribution in [3.63, 3.8) is 0 Å². The predicted molar refractivity (Wildman–Crippen MR) is 73.6 cm³/mol. The Balaban J connectivity index is 2.06. The van der Waals surface area contributed by atoms with Crippen molar-refractivity contribution in [1.82, 2.24) is 10.6 Å². The van der Waals surface area contributed by atoms with Crippen LogP contribution in [0.25, 0.3) is 0 Å². The van der Waals surface area contributed by atoms with E-state index >= 15 is 0 Å². The van der Waals surface area contributed by atoms with Crippen LogP contribution in [-0.4, -0.2) is 18.5 Å². The zero-order chi connectivity index (χ0) is 15.6. The van der Waals surface area contributed by atoms with Gasteiger partial charge in [-0.05, 0) is 44.5 Å². The van der Waals surface area contributed by atoms with Crippen molar-refractivity contribution >= 4 is 5.91 Å². The van der Waals surface area contributed by atoms with E-state index in [0.29, 0.717) is 5.56 Å². The molecule has 2 rings (SSSR count). The van der Waals surface area contributed by atoms with Gasteiger partial charge in [0.05, 0.1) is 17.5 Å². The molecule has 6 heteroatoms. The highest BCUT2D eigenvalue weighted by Gasteiger charge is 2.32. The second kappa shape index (κ2) is 6.05. The first-order chi connectivity index (χ1) is 9.79. The van der Waals surface area contributed by atoms with Gasteiger partial charge in [0.25, 0.3) is 0 Å². The van der Waals surface area contributed by atoms with Gasteiger partial charge in [0.1, 0.15) is 0 Å². The van der Waals surface area contributed by atoms with Gasteiger partial charge in [-0.15, -0.1) is 0 Å². The lowest BCUT2D eigenvalue weighted by molar-refractivity contribution is -0.137. The summed E-state index contributed by atoms with van der Waals surface area (Å²) < 4.78 is 38.1. The fourth-order valence-corrected chi connectivity index (χ4v) is 2.61. The van der Waals surface area contributed by atoms with Gasteiger partial charge in [-0.25, -0.2) is 0 Å². The van der Waals surface area contributed by atoms with Crippen molar-refractivity contribution in [3.05, 3.63) is 35.4 Å². The fourth-order valence-electron chi connectivity index (χ4n) is 2.61. The van der Waals surface area contributed by atoms with Crippen molar-refractivity contribution in [2.45, 2.75) is 38.5 Å². The first kappa shape index (κ1) is 15.8. The molecule has 3 unspecified atom stereocenters. The summed E-state index contributed by atoms with van der Waals surface area (Å²) in [6, 6.07) is 4.71. The van der Waals surface area contributed by atoms with E-state index < -0.39 is 17.8 Å². The fraction of sp³-hybridized carbons (Fsp3) is 0.533. The van der Waals surface area contributed by atoms with Crippen molar-refractivity contribution in [2.24, 2.45) is 5.92 Å². The van der Waals surface area contributed by atoms with E-state index in [4.69, 9.17) is 0 Å². The topological polar surface area (TPSA) is 41.1 Å². The Labute approximate surface area is 121 Å². The summed E-state index contributed by atoms with van der Waals surface area (Å²) in [4.78, 5) is 12.1. The largest absolute Gasteiger partial charge is 0.416 e. The summed E-state index contributed by atoms with van der Waals surface area (Å²) in [5.41, 5.74) is -0.242. The van der Waals surface area contributed by atoms with E-state index in [-0.39, 0.29) is 17.9 Å². The lowest BCUT2D eigenvalue weighted by atomic mass is 9.99. The van der Waals surface area contributed by atoms with Gasteiger partial charge >= 0.3 is 6.18 Å². The number of alkyl halides is 3. The van der Waals surface area contributed by atoms with Crippen LogP contribution in [-0.2, 0) is 11.0 Å². The van der Waals surface area contributed by atoms with Crippen molar-refractivity contribution in [1.29, 1.82) is 0 Å². The quantitative estimate of drug-likeness (QED) is 0.901. The molecule has 0 radical (unpaired) electrons. The summed E-state index contributed by atoms with van der Waals surface area (Å²) in [5.74, 6) is -0.240. The van der Waals surface area contributed by atoms with E-state index in [9.17, 15) is 18.0 Å². The second-order valence-corrected chi connectivity index (χ2v) is 5.49. The lowest BCUT2D eigenvalue weighted by Gasteiger charge is -2.20. The Morgan fingerprint density at radius 1 is 1.43 bits per heavy atom. The van der Waals surface area contributed by atoms with Crippen LogP contribution in [0.15, 0.2) is 24.3 Å². The Bertz CT molecular complexity index is 516. The standard InChI is InChI=1S/C15H19F3N2O/c1-9(20-14(21)13-6-7-19-10(13)2)11-4-3-5-12(8-11)15(16,17)18/h3-5,8-10,13,19H,6-7H2,1-2H3,(H,20,21). The van der Waals surface area contributed by atoms with Gasteiger partial charge in [0.2, 0.25) is 5.91 Å². The minimum Gasteiger partial charge on any atom is -0.349 e. The van der Waals surface area contributed by atoms with E-state index in [0.717, 1.165) is 25.1 Å². The normalized spacial score (nSPS) is 23.9. The first-order valence-corrected chi connectivity index (χ1v) is 7.00. The Hall–Kier alpha value is -1.56. The molecule has 0 bridgehead atoms. The van der Waals surface area contributed by atoms with Crippen LogP contribution in [0.2, 0.25) is 0 Å². The number of hydrogen-bond donors (Lipinski definition) is 2. The molecule has 1 aliphatic heterocycles. The maximum absolute atomic E-state index is 12.7. The second-order valence-electron chi connectivity index (χ2n) is 5.49. The Morgan fingerprint density at radius 3 is 2.71 bits per heavy atom. The van der Waals surface area contributed by atoms with Crippen molar-refractivity contribution < 1.29 is 18.0 Å². The molecule has 1 aromatic carbocycles. The number of halogens is 3. The van der Waals surface area contributed by atoms with Crippen LogP contribution in [0.4, 0.5) is 13.2 Å². The molecule has 0 spiro atoms. The number of hydrogen-bond acceptors (Lipinski definition) is 2. The highest BCUT2D eigenvalue weighted by molar-refractivity contribution is 5.80. The van der Waals surface area contributed by atoms with Crippen LogP contribution in [0.3, 0.4) is 0 Å². The number of carbonyl (C=O) groups is 1. The third-order valence-electron chi connectivity index (χ3n) is 3.93. The highest BCUT2D eigenvalue weighted by Crippen LogP contribution is 2.30. The number of carbonyl (C=O) groups excluding carboxylic acids is 1. The monoisotopic (exact) mass is 300 g/mol. The Morgan fingerprint density at radius 2 is 2.14 bits per heavy atom. The molecule has 2 N–H and O–H groups in total. The molecule has 3 nitrogen and oxygen atoms in total. The van der Waals surface area contributed by atoms with Gasteiger partial charge in [-0.1, -0.05) is 12.1 Å².